The molecule has 20 heavy (non-hydrogen) atoms. The molecular formula is C14H10Cl2F3N. The summed E-state index contributed by atoms with van der Waals surface area (Å²) < 4.78 is 38.1. The van der Waals surface area contributed by atoms with E-state index < -0.39 is 17.8 Å². The maximum atomic E-state index is 12.7. The van der Waals surface area contributed by atoms with Crippen LogP contribution in [0.5, 0.6) is 0 Å². The standard InChI is InChI=1S/C14H10Cl2F3N/c15-10-5-2-6-11(16)12(10)13(20)8-3-1-4-9(7-8)14(17,18)19/h1-7,13H,20H2. The second-order valence-corrected chi connectivity index (χ2v) is 5.05. The van der Waals surface area contributed by atoms with E-state index in [1.54, 1.807) is 18.2 Å². The van der Waals surface area contributed by atoms with Crippen LogP contribution >= 0.6 is 23.2 Å². The number of hydrogen-bond donors (Lipinski definition) is 1. The highest BCUT2D eigenvalue weighted by Gasteiger charge is 2.31. The fraction of sp³-hybridized carbons (Fsp3) is 0.143. The van der Waals surface area contributed by atoms with E-state index in [0.717, 1.165) is 12.1 Å². The predicted octanol–water partition coefficient (Wildman–Crippen LogP) is 5.06. The van der Waals surface area contributed by atoms with Crippen LogP contribution in [0.1, 0.15) is 22.7 Å². The zero-order chi connectivity index (χ0) is 14.9. The molecule has 0 aromatic heterocycles. The maximum Gasteiger partial charge on any atom is 0.416 e. The Balaban J connectivity index is 2.46. The Labute approximate surface area is 124 Å². The molecule has 0 bridgehead atoms. The van der Waals surface area contributed by atoms with E-state index in [1.165, 1.54) is 12.1 Å². The lowest BCUT2D eigenvalue weighted by atomic mass is 9.97. The second kappa shape index (κ2) is 5.64. The first-order valence-corrected chi connectivity index (χ1v) is 6.43. The van der Waals surface area contributed by atoms with Crippen LogP contribution in [0.4, 0.5) is 13.2 Å². The van der Waals surface area contributed by atoms with E-state index in [4.69, 9.17) is 28.9 Å². The molecule has 0 radical (unpaired) electrons. The molecule has 1 nitrogen and oxygen atoms in total. The molecule has 0 fully saturated rings. The Morgan fingerprint density at radius 3 is 2.05 bits per heavy atom. The van der Waals surface area contributed by atoms with Crippen LogP contribution in [0.2, 0.25) is 10.0 Å². The Bertz CT molecular complexity index is 606. The van der Waals surface area contributed by atoms with Crippen molar-refractivity contribution in [1.82, 2.24) is 0 Å². The van der Waals surface area contributed by atoms with Gasteiger partial charge in [0.25, 0.3) is 0 Å². The van der Waals surface area contributed by atoms with Crippen LogP contribution in [0.25, 0.3) is 0 Å². The zero-order valence-corrected chi connectivity index (χ0v) is 11.6. The monoisotopic (exact) mass is 319 g/mol. The van der Waals surface area contributed by atoms with Crippen LogP contribution in [0.3, 0.4) is 0 Å². The summed E-state index contributed by atoms with van der Waals surface area (Å²) in [6, 6.07) is 8.83. The molecular weight excluding hydrogens is 310 g/mol. The van der Waals surface area contributed by atoms with E-state index in [0.29, 0.717) is 21.2 Å². The quantitative estimate of drug-likeness (QED) is 0.822. The third kappa shape index (κ3) is 3.08. The highest BCUT2D eigenvalue weighted by molar-refractivity contribution is 6.36. The van der Waals surface area contributed by atoms with Gasteiger partial charge in [0.15, 0.2) is 0 Å². The van der Waals surface area contributed by atoms with Crippen molar-refractivity contribution in [3.63, 3.8) is 0 Å². The molecule has 2 rings (SSSR count). The lowest BCUT2D eigenvalue weighted by Crippen LogP contribution is -2.14. The highest BCUT2D eigenvalue weighted by Crippen LogP contribution is 2.35. The van der Waals surface area contributed by atoms with Crippen molar-refractivity contribution < 1.29 is 13.2 Å². The Morgan fingerprint density at radius 2 is 1.50 bits per heavy atom. The van der Waals surface area contributed by atoms with Gasteiger partial charge in [0, 0.05) is 15.6 Å². The van der Waals surface area contributed by atoms with Gasteiger partial charge >= 0.3 is 6.18 Å². The summed E-state index contributed by atoms with van der Waals surface area (Å²) in [6.07, 6.45) is -4.42. The first-order chi connectivity index (χ1) is 9.30. The van der Waals surface area contributed by atoms with Crippen molar-refractivity contribution >= 4 is 23.2 Å². The van der Waals surface area contributed by atoms with E-state index in [-0.39, 0.29) is 0 Å². The molecule has 0 spiro atoms. The lowest BCUT2D eigenvalue weighted by Gasteiger charge is -2.17. The third-order valence-electron chi connectivity index (χ3n) is 2.88. The largest absolute Gasteiger partial charge is 0.416 e. The number of alkyl halides is 3. The summed E-state index contributed by atoms with van der Waals surface area (Å²) >= 11 is 12.0. The second-order valence-electron chi connectivity index (χ2n) is 4.24. The molecule has 0 saturated heterocycles. The molecule has 1 atom stereocenters. The van der Waals surface area contributed by atoms with Crippen LogP contribution in [0.15, 0.2) is 42.5 Å². The van der Waals surface area contributed by atoms with Gasteiger partial charge in [0.2, 0.25) is 0 Å². The van der Waals surface area contributed by atoms with E-state index >= 15 is 0 Å². The highest BCUT2D eigenvalue weighted by atomic mass is 35.5. The topological polar surface area (TPSA) is 26.0 Å². The lowest BCUT2D eigenvalue weighted by molar-refractivity contribution is -0.137. The normalized spacial score (nSPS) is 13.3. The molecule has 2 aromatic carbocycles. The summed E-state index contributed by atoms with van der Waals surface area (Å²) in [7, 11) is 0. The SMILES string of the molecule is NC(c1cccc(C(F)(F)F)c1)c1c(Cl)cccc1Cl. The van der Waals surface area contributed by atoms with Crippen LogP contribution in [-0.4, -0.2) is 0 Å². The van der Waals surface area contributed by atoms with Gasteiger partial charge in [-0.3, -0.25) is 0 Å². The smallest absolute Gasteiger partial charge is 0.320 e. The number of hydrogen-bond acceptors (Lipinski definition) is 1. The number of nitrogens with two attached hydrogens (primary N) is 1. The fourth-order valence-corrected chi connectivity index (χ4v) is 2.52. The average molecular weight is 320 g/mol. The van der Waals surface area contributed by atoms with E-state index in [1.807, 2.05) is 0 Å². The Kier molecular flexibility index (Phi) is 4.28. The molecule has 106 valence electrons. The van der Waals surface area contributed by atoms with Gasteiger partial charge in [0.05, 0.1) is 11.6 Å². The summed E-state index contributed by atoms with van der Waals surface area (Å²) in [4.78, 5) is 0. The summed E-state index contributed by atoms with van der Waals surface area (Å²) in [5.41, 5.74) is 5.95. The van der Waals surface area contributed by atoms with Gasteiger partial charge in [0.1, 0.15) is 0 Å². The summed E-state index contributed by atoms with van der Waals surface area (Å²) in [5.74, 6) is 0. The molecule has 0 aliphatic carbocycles. The summed E-state index contributed by atoms with van der Waals surface area (Å²) in [5, 5.41) is 0.643. The Hall–Kier alpha value is -1.23. The van der Waals surface area contributed by atoms with Gasteiger partial charge in [-0.15, -0.1) is 0 Å². The van der Waals surface area contributed by atoms with E-state index in [9.17, 15) is 13.2 Å². The van der Waals surface area contributed by atoms with Crippen molar-refractivity contribution in [2.45, 2.75) is 12.2 Å². The van der Waals surface area contributed by atoms with Gasteiger partial charge in [-0.2, -0.15) is 13.2 Å². The molecule has 2 aromatic rings. The van der Waals surface area contributed by atoms with Crippen molar-refractivity contribution in [1.29, 1.82) is 0 Å². The fourth-order valence-electron chi connectivity index (χ4n) is 1.88. The van der Waals surface area contributed by atoms with Crippen LogP contribution < -0.4 is 5.73 Å². The summed E-state index contributed by atoms with van der Waals surface area (Å²) in [6.45, 7) is 0. The third-order valence-corrected chi connectivity index (χ3v) is 3.54. The number of halogens is 5. The maximum absolute atomic E-state index is 12.7. The molecule has 0 aliphatic heterocycles. The van der Waals surface area contributed by atoms with Gasteiger partial charge in [-0.05, 0) is 29.8 Å². The minimum Gasteiger partial charge on any atom is -0.320 e. The van der Waals surface area contributed by atoms with Gasteiger partial charge in [-0.1, -0.05) is 41.4 Å². The minimum absolute atomic E-state index is 0.301. The predicted molar refractivity (Wildman–Crippen MR) is 73.9 cm³/mol. The average Bonchev–Trinajstić information content (AvgIpc) is 2.37. The molecule has 0 amide bonds. The molecule has 2 N–H and O–H groups in total. The molecule has 0 aliphatic rings. The Morgan fingerprint density at radius 1 is 0.950 bits per heavy atom. The first-order valence-electron chi connectivity index (χ1n) is 5.67. The molecule has 0 saturated carbocycles. The minimum atomic E-state index is -4.42. The van der Waals surface area contributed by atoms with Crippen molar-refractivity contribution in [2.75, 3.05) is 0 Å². The number of rotatable bonds is 2. The van der Waals surface area contributed by atoms with Crippen LogP contribution in [0, 0.1) is 0 Å². The van der Waals surface area contributed by atoms with Gasteiger partial charge in [-0.25, -0.2) is 0 Å². The zero-order valence-electron chi connectivity index (χ0n) is 10.1. The van der Waals surface area contributed by atoms with Crippen molar-refractivity contribution in [2.24, 2.45) is 5.73 Å². The molecule has 6 heteroatoms. The number of benzene rings is 2. The van der Waals surface area contributed by atoms with E-state index in [2.05, 4.69) is 0 Å². The van der Waals surface area contributed by atoms with Crippen molar-refractivity contribution in [3.8, 4) is 0 Å². The van der Waals surface area contributed by atoms with Crippen LogP contribution in [-0.2, 0) is 6.18 Å². The molecule has 0 heterocycles. The molecule has 1 unspecified atom stereocenters. The van der Waals surface area contributed by atoms with Crippen molar-refractivity contribution in [3.05, 3.63) is 69.2 Å². The van der Waals surface area contributed by atoms with Gasteiger partial charge < -0.3 is 5.73 Å². The first kappa shape index (κ1) is 15.2.